The number of halogens is 1. The highest BCUT2D eigenvalue weighted by Gasteiger charge is 2.32. The Labute approximate surface area is 241 Å². The third-order valence-corrected chi connectivity index (χ3v) is 7.85. The van der Waals surface area contributed by atoms with Gasteiger partial charge in [0.1, 0.15) is 11.8 Å². The van der Waals surface area contributed by atoms with Crippen molar-refractivity contribution in [2.75, 3.05) is 6.61 Å². The fourth-order valence-corrected chi connectivity index (χ4v) is 5.25. The number of amides is 2. The zero-order valence-electron chi connectivity index (χ0n) is 23.2. The molecule has 1 fully saturated rings. The van der Waals surface area contributed by atoms with E-state index in [9.17, 15) is 9.59 Å². The van der Waals surface area contributed by atoms with E-state index in [1.165, 1.54) is 5.56 Å². The zero-order chi connectivity index (χ0) is 27.8. The van der Waals surface area contributed by atoms with Gasteiger partial charge in [0, 0.05) is 23.5 Å². The largest absolute Gasteiger partial charge is 0.484 e. The van der Waals surface area contributed by atoms with Crippen molar-refractivity contribution in [3.63, 3.8) is 0 Å². The normalized spacial score (nSPS) is 14.6. The molecule has 0 spiro atoms. The van der Waals surface area contributed by atoms with Crippen LogP contribution in [0.15, 0.2) is 83.3 Å². The molecule has 5 nitrogen and oxygen atoms in total. The van der Waals surface area contributed by atoms with Crippen LogP contribution in [-0.2, 0) is 28.0 Å². The van der Waals surface area contributed by atoms with Gasteiger partial charge in [0.05, 0.1) is 0 Å². The second-order valence-corrected chi connectivity index (χ2v) is 12.3. The minimum Gasteiger partial charge on any atom is -0.484 e. The van der Waals surface area contributed by atoms with Gasteiger partial charge in [0.2, 0.25) is 5.91 Å². The van der Waals surface area contributed by atoms with Gasteiger partial charge in [-0.05, 0) is 59.2 Å². The van der Waals surface area contributed by atoms with Gasteiger partial charge in [-0.2, -0.15) is 0 Å². The molecule has 39 heavy (non-hydrogen) atoms. The fraction of sp³-hybridized carbons (Fsp3) is 0.394. The third kappa shape index (κ3) is 8.43. The highest BCUT2D eigenvalue weighted by atomic mass is 79.9. The van der Waals surface area contributed by atoms with Gasteiger partial charge in [0.25, 0.3) is 5.91 Å². The number of hydrogen-bond acceptors (Lipinski definition) is 3. The van der Waals surface area contributed by atoms with Crippen LogP contribution in [-0.4, -0.2) is 35.4 Å². The Balaban J connectivity index is 1.58. The first-order chi connectivity index (χ1) is 18.7. The molecule has 4 rings (SSSR count). The second-order valence-electron chi connectivity index (χ2n) is 11.4. The van der Waals surface area contributed by atoms with Crippen molar-refractivity contribution in [1.29, 1.82) is 0 Å². The van der Waals surface area contributed by atoms with Gasteiger partial charge in [-0.25, -0.2) is 0 Å². The van der Waals surface area contributed by atoms with E-state index in [0.717, 1.165) is 41.3 Å². The summed E-state index contributed by atoms with van der Waals surface area (Å²) in [6, 6.07) is 25.1. The molecule has 0 heterocycles. The molecule has 0 saturated heterocycles. The van der Waals surface area contributed by atoms with Crippen molar-refractivity contribution < 1.29 is 14.3 Å². The summed E-state index contributed by atoms with van der Waals surface area (Å²) in [5.41, 5.74) is 3.20. The SMILES string of the molecule is CC(C)(C)c1ccc(OCC(=O)N(Cc2ccc(Br)cc2)[C@@H](Cc2ccccc2)C(=O)NC2CCCC2)cc1. The van der Waals surface area contributed by atoms with Crippen LogP contribution < -0.4 is 10.1 Å². The predicted octanol–water partition coefficient (Wildman–Crippen LogP) is 6.82. The van der Waals surface area contributed by atoms with E-state index in [4.69, 9.17) is 4.74 Å². The van der Waals surface area contributed by atoms with Crippen molar-refractivity contribution in [2.45, 2.75) is 76.9 Å². The van der Waals surface area contributed by atoms with E-state index in [2.05, 4.69) is 42.0 Å². The monoisotopic (exact) mass is 590 g/mol. The fourth-order valence-electron chi connectivity index (χ4n) is 4.99. The van der Waals surface area contributed by atoms with Crippen LogP contribution >= 0.6 is 15.9 Å². The standard InChI is InChI=1S/C33H39BrN2O3/c1-33(2,3)26-15-19-29(20-16-26)39-23-31(37)36(22-25-13-17-27(34)18-14-25)30(21-24-9-5-4-6-10-24)32(38)35-28-11-7-8-12-28/h4-6,9-10,13-20,28,30H,7-8,11-12,21-23H2,1-3H3,(H,35,38)/t30-/m0/s1. The lowest BCUT2D eigenvalue weighted by atomic mass is 9.87. The molecule has 1 aliphatic carbocycles. The molecule has 1 N–H and O–H groups in total. The first kappa shape index (κ1) is 28.9. The number of rotatable bonds is 10. The minimum atomic E-state index is -0.656. The quantitative estimate of drug-likeness (QED) is 0.282. The van der Waals surface area contributed by atoms with E-state index in [-0.39, 0.29) is 29.9 Å². The molecular formula is C33H39BrN2O3. The predicted molar refractivity (Wildman–Crippen MR) is 160 cm³/mol. The molecule has 3 aromatic carbocycles. The molecule has 1 aliphatic rings. The van der Waals surface area contributed by atoms with Crippen LogP contribution in [0.2, 0.25) is 0 Å². The summed E-state index contributed by atoms with van der Waals surface area (Å²) in [6.45, 7) is 6.66. The lowest BCUT2D eigenvalue weighted by Gasteiger charge is -2.32. The summed E-state index contributed by atoms with van der Waals surface area (Å²) in [5, 5.41) is 3.24. The van der Waals surface area contributed by atoms with Crippen molar-refractivity contribution in [3.8, 4) is 5.75 Å². The molecule has 0 bridgehead atoms. The Bertz CT molecular complexity index is 1210. The van der Waals surface area contributed by atoms with Gasteiger partial charge in [-0.1, -0.05) is 104 Å². The van der Waals surface area contributed by atoms with Gasteiger partial charge in [-0.15, -0.1) is 0 Å². The Kier molecular flexibility index (Phi) is 9.84. The first-order valence-electron chi connectivity index (χ1n) is 13.8. The maximum atomic E-state index is 13.8. The summed E-state index contributed by atoms with van der Waals surface area (Å²) in [4.78, 5) is 29.2. The highest BCUT2D eigenvalue weighted by molar-refractivity contribution is 9.10. The van der Waals surface area contributed by atoms with Gasteiger partial charge in [-0.3, -0.25) is 9.59 Å². The van der Waals surface area contributed by atoms with Crippen LogP contribution in [0.4, 0.5) is 0 Å². The molecule has 0 unspecified atom stereocenters. The second kappa shape index (κ2) is 13.3. The molecule has 3 aromatic rings. The minimum absolute atomic E-state index is 0.0349. The zero-order valence-corrected chi connectivity index (χ0v) is 24.7. The first-order valence-corrected chi connectivity index (χ1v) is 14.6. The van der Waals surface area contributed by atoms with Crippen LogP contribution in [0.25, 0.3) is 0 Å². The molecule has 0 radical (unpaired) electrons. The molecule has 2 amide bonds. The highest BCUT2D eigenvalue weighted by Crippen LogP contribution is 2.25. The van der Waals surface area contributed by atoms with Crippen LogP contribution in [0.3, 0.4) is 0 Å². The topological polar surface area (TPSA) is 58.6 Å². The number of nitrogens with zero attached hydrogens (tertiary/aromatic N) is 1. The van der Waals surface area contributed by atoms with Crippen LogP contribution in [0, 0.1) is 0 Å². The molecule has 206 valence electrons. The Morgan fingerprint density at radius 2 is 1.56 bits per heavy atom. The van der Waals surface area contributed by atoms with E-state index < -0.39 is 6.04 Å². The molecule has 0 aliphatic heterocycles. The summed E-state index contributed by atoms with van der Waals surface area (Å²) >= 11 is 3.49. The number of benzene rings is 3. The molecule has 1 atom stereocenters. The average Bonchev–Trinajstić information content (AvgIpc) is 3.43. The van der Waals surface area contributed by atoms with E-state index in [1.54, 1.807) is 4.90 Å². The number of carbonyl (C=O) groups is 2. The Hall–Kier alpha value is -3.12. The van der Waals surface area contributed by atoms with E-state index in [0.29, 0.717) is 18.7 Å². The number of carbonyl (C=O) groups excluding carboxylic acids is 2. The maximum Gasteiger partial charge on any atom is 0.261 e. The smallest absolute Gasteiger partial charge is 0.261 e. The Morgan fingerprint density at radius 1 is 0.923 bits per heavy atom. The van der Waals surface area contributed by atoms with Crippen LogP contribution in [0.5, 0.6) is 5.75 Å². The van der Waals surface area contributed by atoms with Gasteiger partial charge < -0.3 is 15.0 Å². The number of hydrogen-bond donors (Lipinski definition) is 1. The van der Waals surface area contributed by atoms with Crippen molar-refractivity contribution in [2.24, 2.45) is 0 Å². The van der Waals surface area contributed by atoms with E-state index in [1.807, 2.05) is 78.9 Å². The van der Waals surface area contributed by atoms with Crippen molar-refractivity contribution >= 4 is 27.7 Å². The maximum absolute atomic E-state index is 13.8. The molecule has 0 aromatic heterocycles. The molecule has 1 saturated carbocycles. The third-order valence-electron chi connectivity index (χ3n) is 7.32. The Morgan fingerprint density at radius 3 is 2.18 bits per heavy atom. The summed E-state index contributed by atoms with van der Waals surface area (Å²) in [7, 11) is 0. The van der Waals surface area contributed by atoms with Crippen LogP contribution in [0.1, 0.15) is 63.1 Å². The average molecular weight is 592 g/mol. The lowest BCUT2D eigenvalue weighted by molar-refractivity contribution is -0.143. The lowest BCUT2D eigenvalue weighted by Crippen LogP contribution is -2.53. The van der Waals surface area contributed by atoms with Crippen molar-refractivity contribution in [1.82, 2.24) is 10.2 Å². The van der Waals surface area contributed by atoms with Gasteiger partial charge in [0.15, 0.2) is 6.61 Å². The summed E-state index contributed by atoms with van der Waals surface area (Å²) in [6.07, 6.45) is 4.65. The van der Waals surface area contributed by atoms with Gasteiger partial charge >= 0.3 is 0 Å². The molecule has 6 heteroatoms. The number of ether oxygens (including phenoxy) is 1. The molecular weight excluding hydrogens is 552 g/mol. The summed E-state index contributed by atoms with van der Waals surface area (Å²) < 4.78 is 6.92. The van der Waals surface area contributed by atoms with Crippen molar-refractivity contribution in [3.05, 3.63) is 100 Å². The number of nitrogens with one attached hydrogen (secondary N) is 1. The van der Waals surface area contributed by atoms with E-state index >= 15 is 0 Å². The summed E-state index contributed by atoms with van der Waals surface area (Å²) in [5.74, 6) is 0.307.